The van der Waals surface area contributed by atoms with Crippen molar-refractivity contribution in [1.29, 1.82) is 0 Å². The average Bonchev–Trinajstić information content (AvgIpc) is 2.80. The lowest BCUT2D eigenvalue weighted by atomic mass is 10.1. The lowest BCUT2D eigenvalue weighted by molar-refractivity contribution is 0.102. The third kappa shape index (κ3) is 5.06. The van der Waals surface area contributed by atoms with E-state index in [0.29, 0.717) is 24.3 Å². The van der Waals surface area contributed by atoms with E-state index in [1.807, 2.05) is 24.3 Å². The van der Waals surface area contributed by atoms with Crippen LogP contribution < -0.4 is 10.2 Å². The molecule has 166 valence electrons. The fourth-order valence-electron chi connectivity index (χ4n) is 4.28. The molecule has 2 aromatic carbocycles. The van der Waals surface area contributed by atoms with Gasteiger partial charge in [-0.1, -0.05) is 18.6 Å². The molecule has 6 nitrogen and oxygen atoms in total. The maximum Gasteiger partial charge on any atom is 0.256 e. The van der Waals surface area contributed by atoms with E-state index in [0.717, 1.165) is 54.5 Å². The van der Waals surface area contributed by atoms with Gasteiger partial charge in [0.1, 0.15) is 0 Å². The number of piperidine rings is 2. The summed E-state index contributed by atoms with van der Waals surface area (Å²) in [7, 11) is -3.58. The SMILES string of the molecule is O=C(Nc1cc(S(=O)(=O)N2CCCCC2)ccc1N1CCCCC1)c1ccccc1I. The maximum atomic E-state index is 13.2. The molecule has 0 aromatic heterocycles. The summed E-state index contributed by atoms with van der Waals surface area (Å²) in [6, 6.07) is 12.6. The van der Waals surface area contributed by atoms with Crippen LogP contribution in [0.25, 0.3) is 0 Å². The molecular weight excluding hydrogens is 525 g/mol. The Morgan fingerprint density at radius 2 is 1.52 bits per heavy atom. The fraction of sp³-hybridized carbons (Fsp3) is 0.435. The molecule has 0 saturated carbocycles. The van der Waals surface area contributed by atoms with Gasteiger partial charge in [-0.25, -0.2) is 8.42 Å². The molecule has 0 spiro atoms. The van der Waals surface area contributed by atoms with Gasteiger partial charge in [0.2, 0.25) is 10.0 Å². The van der Waals surface area contributed by atoms with Crippen molar-refractivity contribution >= 4 is 49.9 Å². The first-order chi connectivity index (χ1) is 15.0. The molecule has 2 aliphatic heterocycles. The minimum atomic E-state index is -3.58. The largest absolute Gasteiger partial charge is 0.370 e. The molecule has 0 unspecified atom stereocenters. The van der Waals surface area contributed by atoms with E-state index in [9.17, 15) is 13.2 Å². The summed E-state index contributed by atoms with van der Waals surface area (Å²) in [6.45, 7) is 2.92. The number of carbonyl (C=O) groups is 1. The van der Waals surface area contributed by atoms with Crippen molar-refractivity contribution in [2.45, 2.75) is 43.4 Å². The number of benzene rings is 2. The van der Waals surface area contributed by atoms with E-state index in [1.54, 1.807) is 22.5 Å². The molecule has 8 heteroatoms. The first kappa shape index (κ1) is 22.5. The summed E-state index contributed by atoms with van der Waals surface area (Å²) in [4.78, 5) is 15.5. The summed E-state index contributed by atoms with van der Waals surface area (Å²) in [5.41, 5.74) is 2.03. The third-order valence-corrected chi connectivity index (χ3v) is 8.82. The zero-order chi connectivity index (χ0) is 21.8. The van der Waals surface area contributed by atoms with Crippen molar-refractivity contribution in [3.8, 4) is 0 Å². The van der Waals surface area contributed by atoms with Crippen molar-refractivity contribution in [2.75, 3.05) is 36.4 Å². The lowest BCUT2D eigenvalue weighted by Crippen LogP contribution is -2.36. The molecule has 0 atom stereocenters. The van der Waals surface area contributed by atoms with Crippen LogP contribution in [0, 0.1) is 3.57 Å². The topological polar surface area (TPSA) is 69.7 Å². The standard InChI is InChI=1S/C23H28IN3O3S/c24-20-10-4-3-9-19(20)23(28)25-21-17-18(31(29,30)27-15-7-2-8-16-27)11-12-22(21)26-13-5-1-6-14-26/h3-4,9-12,17H,1-2,5-8,13-16H2,(H,25,28). The number of hydrogen-bond donors (Lipinski definition) is 1. The van der Waals surface area contributed by atoms with Crippen molar-refractivity contribution in [3.63, 3.8) is 0 Å². The highest BCUT2D eigenvalue weighted by Gasteiger charge is 2.28. The molecule has 0 aliphatic carbocycles. The number of rotatable bonds is 5. The zero-order valence-corrected chi connectivity index (χ0v) is 20.5. The summed E-state index contributed by atoms with van der Waals surface area (Å²) in [5, 5.41) is 3.01. The number of hydrogen-bond acceptors (Lipinski definition) is 4. The van der Waals surface area contributed by atoms with Crippen LogP contribution in [0.2, 0.25) is 0 Å². The molecule has 0 radical (unpaired) electrons. The number of nitrogens with one attached hydrogen (secondary N) is 1. The summed E-state index contributed by atoms with van der Waals surface area (Å²) in [5.74, 6) is -0.226. The third-order valence-electron chi connectivity index (χ3n) is 5.98. The van der Waals surface area contributed by atoms with Crippen LogP contribution in [0.15, 0.2) is 47.4 Å². The van der Waals surface area contributed by atoms with E-state index in [2.05, 4.69) is 32.8 Å². The van der Waals surface area contributed by atoms with Crippen LogP contribution in [0.3, 0.4) is 0 Å². The van der Waals surface area contributed by atoms with Gasteiger partial charge in [-0.2, -0.15) is 4.31 Å². The van der Waals surface area contributed by atoms with Gasteiger partial charge in [0.25, 0.3) is 5.91 Å². The number of sulfonamides is 1. The Morgan fingerprint density at radius 1 is 0.871 bits per heavy atom. The quantitative estimate of drug-likeness (QED) is 0.545. The van der Waals surface area contributed by atoms with Crippen LogP contribution in [0.4, 0.5) is 11.4 Å². The molecule has 1 amide bonds. The first-order valence-corrected chi connectivity index (χ1v) is 13.4. The van der Waals surface area contributed by atoms with Crippen molar-refractivity contribution in [2.24, 2.45) is 0 Å². The highest BCUT2D eigenvalue weighted by molar-refractivity contribution is 14.1. The molecule has 2 heterocycles. The number of amides is 1. The van der Waals surface area contributed by atoms with Gasteiger partial charge in [-0.05, 0) is 85.0 Å². The Kier molecular flexibility index (Phi) is 7.18. The molecule has 2 aliphatic rings. The minimum absolute atomic E-state index is 0.226. The predicted molar refractivity (Wildman–Crippen MR) is 132 cm³/mol. The van der Waals surface area contributed by atoms with Gasteiger partial charge in [0.15, 0.2) is 0 Å². The molecule has 2 saturated heterocycles. The minimum Gasteiger partial charge on any atom is -0.370 e. The van der Waals surface area contributed by atoms with E-state index in [-0.39, 0.29) is 10.8 Å². The molecule has 0 bridgehead atoms. The average molecular weight is 553 g/mol. The van der Waals surface area contributed by atoms with Crippen molar-refractivity contribution in [3.05, 3.63) is 51.6 Å². The second kappa shape index (κ2) is 9.87. The smallest absolute Gasteiger partial charge is 0.256 e. The second-order valence-electron chi connectivity index (χ2n) is 8.13. The Bertz CT molecular complexity index is 1050. The zero-order valence-electron chi connectivity index (χ0n) is 17.5. The van der Waals surface area contributed by atoms with Gasteiger partial charge in [-0.15, -0.1) is 0 Å². The van der Waals surface area contributed by atoms with E-state index in [1.165, 1.54) is 6.42 Å². The Balaban J connectivity index is 1.69. The summed E-state index contributed by atoms with van der Waals surface area (Å²) in [6.07, 6.45) is 6.23. The first-order valence-electron chi connectivity index (χ1n) is 10.9. The van der Waals surface area contributed by atoms with Gasteiger partial charge < -0.3 is 10.2 Å². The van der Waals surface area contributed by atoms with E-state index in [4.69, 9.17) is 0 Å². The highest BCUT2D eigenvalue weighted by atomic mass is 127. The summed E-state index contributed by atoms with van der Waals surface area (Å²) < 4.78 is 28.9. The van der Waals surface area contributed by atoms with Gasteiger partial charge in [0.05, 0.1) is 21.8 Å². The number of carbonyl (C=O) groups excluding carboxylic acids is 1. The van der Waals surface area contributed by atoms with E-state index >= 15 is 0 Å². The molecule has 31 heavy (non-hydrogen) atoms. The Morgan fingerprint density at radius 3 is 2.19 bits per heavy atom. The van der Waals surface area contributed by atoms with Crippen molar-refractivity contribution < 1.29 is 13.2 Å². The maximum absolute atomic E-state index is 13.2. The molecule has 2 fully saturated rings. The van der Waals surface area contributed by atoms with Gasteiger partial charge in [-0.3, -0.25) is 4.79 Å². The molecule has 1 N–H and O–H groups in total. The molecule has 2 aromatic rings. The number of anilines is 2. The summed E-state index contributed by atoms with van der Waals surface area (Å²) >= 11 is 2.15. The van der Waals surface area contributed by atoms with Crippen molar-refractivity contribution in [1.82, 2.24) is 4.31 Å². The van der Waals surface area contributed by atoms with E-state index < -0.39 is 10.0 Å². The number of nitrogens with zero attached hydrogens (tertiary/aromatic N) is 2. The van der Waals surface area contributed by atoms with Crippen LogP contribution in [-0.4, -0.2) is 44.8 Å². The molecule has 4 rings (SSSR count). The Hall–Kier alpha value is -1.65. The monoisotopic (exact) mass is 553 g/mol. The fourth-order valence-corrected chi connectivity index (χ4v) is 6.45. The molecular formula is C23H28IN3O3S. The number of halogens is 1. The second-order valence-corrected chi connectivity index (χ2v) is 11.2. The lowest BCUT2D eigenvalue weighted by Gasteiger charge is -2.31. The van der Waals surface area contributed by atoms with Crippen LogP contribution >= 0.6 is 22.6 Å². The van der Waals surface area contributed by atoms with Crippen LogP contribution in [0.5, 0.6) is 0 Å². The normalized spacial score (nSPS) is 18.0. The Labute approximate surface area is 198 Å². The highest BCUT2D eigenvalue weighted by Crippen LogP contribution is 2.33. The van der Waals surface area contributed by atoms with Crippen LogP contribution in [-0.2, 0) is 10.0 Å². The van der Waals surface area contributed by atoms with Gasteiger partial charge in [0, 0.05) is 29.7 Å². The van der Waals surface area contributed by atoms with Crippen LogP contribution in [0.1, 0.15) is 48.9 Å². The predicted octanol–water partition coefficient (Wildman–Crippen LogP) is 4.71. The van der Waals surface area contributed by atoms with Gasteiger partial charge >= 0.3 is 0 Å².